The molecule has 4 nitrogen and oxygen atoms in total. The van der Waals surface area contributed by atoms with Crippen LogP contribution in [0.25, 0.3) is 0 Å². The van der Waals surface area contributed by atoms with Crippen LogP contribution < -0.4 is 4.74 Å². The summed E-state index contributed by atoms with van der Waals surface area (Å²) in [6, 6.07) is 0. The van der Waals surface area contributed by atoms with Crippen molar-refractivity contribution in [2.75, 3.05) is 7.11 Å². The third kappa shape index (κ3) is 4.79. The third-order valence-electron chi connectivity index (χ3n) is 2.09. The number of hydrogen-bond acceptors (Lipinski definition) is 4. The molecule has 0 aliphatic heterocycles. The molecule has 0 unspecified atom stereocenters. The number of hydrogen-bond donors (Lipinski definition) is 0. The van der Waals surface area contributed by atoms with Crippen LogP contribution in [0.4, 0.5) is 13.2 Å². The highest BCUT2D eigenvalue weighted by atomic mass is 127. The van der Waals surface area contributed by atoms with Gasteiger partial charge in [0, 0.05) is 17.1 Å². The fourth-order valence-electron chi connectivity index (χ4n) is 1.29. The molecule has 1 aromatic heterocycles. The molecule has 0 amide bonds. The summed E-state index contributed by atoms with van der Waals surface area (Å²) in [5.41, 5.74) is 0.547. The molecule has 1 aromatic rings. The summed E-state index contributed by atoms with van der Waals surface area (Å²) in [6.45, 7) is 0. The van der Waals surface area contributed by atoms with E-state index in [-0.39, 0.29) is 21.0 Å². The van der Waals surface area contributed by atoms with Crippen LogP contribution in [0.2, 0.25) is 0 Å². The van der Waals surface area contributed by atoms with Crippen molar-refractivity contribution < 1.29 is 27.4 Å². The summed E-state index contributed by atoms with van der Waals surface area (Å²) in [5.74, 6) is -1.12. The highest BCUT2D eigenvalue weighted by Gasteiger charge is 2.34. The summed E-state index contributed by atoms with van der Waals surface area (Å²) >= 11 is 4.74. The van der Waals surface area contributed by atoms with E-state index in [4.69, 9.17) is 0 Å². The molecular formula is C10H8BrF3INO3. The lowest BCUT2D eigenvalue weighted by atomic mass is 10.1. The van der Waals surface area contributed by atoms with E-state index in [9.17, 15) is 18.0 Å². The number of pyridine rings is 1. The van der Waals surface area contributed by atoms with Crippen LogP contribution in [0.5, 0.6) is 5.75 Å². The lowest BCUT2D eigenvalue weighted by Crippen LogP contribution is -2.21. The van der Waals surface area contributed by atoms with Crippen molar-refractivity contribution in [1.82, 2.24) is 4.98 Å². The van der Waals surface area contributed by atoms with E-state index in [1.807, 2.05) is 0 Å². The van der Waals surface area contributed by atoms with Crippen LogP contribution in [0, 0.1) is 3.70 Å². The van der Waals surface area contributed by atoms with Gasteiger partial charge in [0.25, 0.3) is 0 Å². The van der Waals surface area contributed by atoms with E-state index in [0.29, 0.717) is 5.56 Å². The number of methoxy groups -OCH3 is 1. The summed E-state index contributed by atoms with van der Waals surface area (Å²) in [4.78, 5) is 15.1. The largest absolute Gasteiger partial charge is 0.573 e. The maximum Gasteiger partial charge on any atom is 0.573 e. The standard InChI is InChI=1S/C10H8BrF3INO3/c1-18-7(17)2-6-5(3-11)4-16-9(15)8(6)19-10(12,13)14/h4H,2-3H2,1H3. The molecule has 0 radical (unpaired) electrons. The van der Waals surface area contributed by atoms with Gasteiger partial charge in [0.15, 0.2) is 5.75 Å². The van der Waals surface area contributed by atoms with Gasteiger partial charge < -0.3 is 9.47 Å². The number of esters is 1. The summed E-state index contributed by atoms with van der Waals surface area (Å²) in [7, 11) is 1.16. The summed E-state index contributed by atoms with van der Waals surface area (Å²) in [5, 5.41) is 0.247. The number of halogens is 5. The van der Waals surface area contributed by atoms with E-state index in [2.05, 4.69) is 30.4 Å². The Kier molecular flexibility index (Phi) is 5.83. The Morgan fingerprint density at radius 3 is 2.63 bits per heavy atom. The third-order valence-corrected chi connectivity index (χ3v) is 3.47. The second kappa shape index (κ2) is 6.73. The molecule has 0 N–H and O–H groups in total. The van der Waals surface area contributed by atoms with Gasteiger partial charge in [0.2, 0.25) is 0 Å². The van der Waals surface area contributed by atoms with Crippen molar-refractivity contribution in [2.24, 2.45) is 0 Å². The van der Waals surface area contributed by atoms with E-state index < -0.39 is 18.1 Å². The Bertz CT molecular complexity index is 482. The molecule has 106 valence electrons. The highest BCUT2D eigenvalue weighted by molar-refractivity contribution is 14.1. The van der Waals surface area contributed by atoms with Gasteiger partial charge in [-0.15, -0.1) is 13.2 Å². The Hall–Kier alpha value is -0.580. The van der Waals surface area contributed by atoms with Gasteiger partial charge in [-0.1, -0.05) is 15.9 Å². The van der Waals surface area contributed by atoms with E-state index >= 15 is 0 Å². The molecule has 0 bridgehead atoms. The van der Waals surface area contributed by atoms with Gasteiger partial charge >= 0.3 is 12.3 Å². The monoisotopic (exact) mass is 453 g/mol. The SMILES string of the molecule is COC(=O)Cc1c(CBr)cnc(I)c1OC(F)(F)F. The molecule has 0 aromatic carbocycles. The zero-order valence-electron chi connectivity index (χ0n) is 9.55. The highest BCUT2D eigenvalue weighted by Crippen LogP contribution is 2.33. The van der Waals surface area contributed by atoms with Crippen molar-refractivity contribution in [3.63, 3.8) is 0 Å². The summed E-state index contributed by atoms with van der Waals surface area (Å²) < 4.78 is 45.6. The van der Waals surface area contributed by atoms with Gasteiger partial charge in [-0.05, 0) is 28.2 Å². The average Bonchev–Trinajstić information content (AvgIpc) is 2.32. The first kappa shape index (κ1) is 16.5. The Balaban J connectivity index is 3.28. The normalized spacial score (nSPS) is 11.3. The second-order valence-corrected chi connectivity index (χ2v) is 4.90. The molecule has 0 aliphatic carbocycles. The van der Waals surface area contributed by atoms with Gasteiger partial charge in [-0.2, -0.15) is 0 Å². The van der Waals surface area contributed by atoms with Crippen molar-refractivity contribution in [2.45, 2.75) is 18.1 Å². The zero-order chi connectivity index (χ0) is 14.6. The molecule has 0 atom stereocenters. The second-order valence-electron chi connectivity index (χ2n) is 3.32. The topological polar surface area (TPSA) is 48.4 Å². The predicted molar refractivity (Wildman–Crippen MR) is 72.0 cm³/mol. The van der Waals surface area contributed by atoms with Crippen LogP contribution in [-0.2, 0) is 21.3 Å². The van der Waals surface area contributed by atoms with Crippen LogP contribution in [0.15, 0.2) is 6.20 Å². The molecule has 0 aliphatic rings. The van der Waals surface area contributed by atoms with Gasteiger partial charge in [-0.3, -0.25) is 4.79 Å². The number of carbonyl (C=O) groups excluding carboxylic acids is 1. The smallest absolute Gasteiger partial charge is 0.469 e. The molecule has 1 heterocycles. The molecule has 1 rings (SSSR count). The number of aromatic nitrogens is 1. The minimum absolute atomic E-state index is 0.0264. The quantitative estimate of drug-likeness (QED) is 0.304. The fourth-order valence-corrected chi connectivity index (χ4v) is 2.34. The number of ether oxygens (including phenoxy) is 2. The number of nitrogens with zero attached hydrogens (tertiary/aromatic N) is 1. The molecule has 0 saturated carbocycles. The van der Waals surface area contributed by atoms with Crippen LogP contribution in [0.1, 0.15) is 11.1 Å². The van der Waals surface area contributed by atoms with Gasteiger partial charge in [-0.25, -0.2) is 4.98 Å². The number of alkyl halides is 4. The van der Waals surface area contributed by atoms with Gasteiger partial charge in [0.05, 0.1) is 13.5 Å². The maximum atomic E-state index is 12.4. The summed E-state index contributed by atoms with van der Waals surface area (Å²) in [6.07, 6.45) is -3.78. The van der Waals surface area contributed by atoms with Crippen molar-refractivity contribution in [3.05, 3.63) is 21.0 Å². The minimum atomic E-state index is -4.85. The van der Waals surface area contributed by atoms with Crippen molar-refractivity contribution >= 4 is 44.5 Å². The molecular weight excluding hydrogens is 446 g/mol. The minimum Gasteiger partial charge on any atom is -0.469 e. The molecule has 0 saturated heterocycles. The fraction of sp³-hybridized carbons (Fsp3) is 0.400. The van der Waals surface area contributed by atoms with Crippen LogP contribution in [0.3, 0.4) is 0 Å². The first-order chi connectivity index (χ1) is 8.78. The Morgan fingerprint density at radius 2 is 2.16 bits per heavy atom. The van der Waals surface area contributed by atoms with Crippen LogP contribution >= 0.6 is 38.5 Å². The van der Waals surface area contributed by atoms with E-state index in [1.54, 1.807) is 22.6 Å². The molecule has 0 fully saturated rings. The van der Waals surface area contributed by atoms with Gasteiger partial charge in [0.1, 0.15) is 3.70 Å². The number of carbonyl (C=O) groups is 1. The molecule has 0 spiro atoms. The first-order valence-electron chi connectivity index (χ1n) is 4.83. The van der Waals surface area contributed by atoms with E-state index in [0.717, 1.165) is 7.11 Å². The predicted octanol–water partition coefficient (Wildman–Crippen LogP) is 3.20. The zero-order valence-corrected chi connectivity index (χ0v) is 13.3. The van der Waals surface area contributed by atoms with Crippen molar-refractivity contribution in [1.29, 1.82) is 0 Å². The maximum absolute atomic E-state index is 12.4. The number of rotatable bonds is 4. The van der Waals surface area contributed by atoms with E-state index in [1.165, 1.54) is 6.20 Å². The lowest BCUT2D eigenvalue weighted by molar-refractivity contribution is -0.275. The average molecular weight is 454 g/mol. The molecule has 9 heteroatoms. The Labute approximate surface area is 128 Å². The van der Waals surface area contributed by atoms with Crippen molar-refractivity contribution in [3.8, 4) is 5.75 Å². The van der Waals surface area contributed by atoms with Crippen LogP contribution in [-0.4, -0.2) is 24.4 Å². The Morgan fingerprint density at radius 1 is 1.53 bits per heavy atom. The first-order valence-corrected chi connectivity index (χ1v) is 7.03. The molecule has 19 heavy (non-hydrogen) atoms. The lowest BCUT2D eigenvalue weighted by Gasteiger charge is -2.16.